The van der Waals surface area contributed by atoms with Gasteiger partial charge in [-0.15, -0.1) is 15.3 Å². The highest BCUT2D eigenvalue weighted by molar-refractivity contribution is 5.90. The summed E-state index contributed by atoms with van der Waals surface area (Å²) in [6.45, 7) is 0.668. The van der Waals surface area contributed by atoms with Crippen LogP contribution in [0.1, 0.15) is 17.8 Å². The van der Waals surface area contributed by atoms with Gasteiger partial charge in [0.2, 0.25) is 5.91 Å². The zero-order valence-electron chi connectivity index (χ0n) is 16.6. The summed E-state index contributed by atoms with van der Waals surface area (Å²) in [5, 5.41) is 19.1. The van der Waals surface area contributed by atoms with Crippen LogP contribution in [0.2, 0.25) is 0 Å². The maximum atomic E-state index is 12.3. The van der Waals surface area contributed by atoms with Crippen LogP contribution < -0.4 is 15.4 Å². The fourth-order valence-electron chi connectivity index (χ4n) is 3.00. The number of carbonyl (C=O) groups excluding carboxylic acids is 1. The van der Waals surface area contributed by atoms with E-state index in [9.17, 15) is 4.79 Å². The second-order valence-electron chi connectivity index (χ2n) is 6.72. The van der Waals surface area contributed by atoms with E-state index in [0.717, 1.165) is 17.3 Å². The minimum atomic E-state index is -0.102. The smallest absolute Gasteiger partial charge is 0.224 e. The molecule has 0 fully saturated rings. The van der Waals surface area contributed by atoms with Crippen LogP contribution in [0, 0.1) is 0 Å². The van der Waals surface area contributed by atoms with Crippen molar-refractivity contribution in [3.63, 3.8) is 0 Å². The lowest BCUT2D eigenvalue weighted by atomic mass is 10.2. The van der Waals surface area contributed by atoms with Crippen LogP contribution in [-0.4, -0.2) is 32.8 Å². The SMILES string of the molecule is COc1ccc(NC(=O)CCc2nnc3ccc(NCc4ccccc4)nn23)cc1. The maximum Gasteiger partial charge on any atom is 0.224 e. The molecule has 0 bridgehead atoms. The normalized spacial score (nSPS) is 10.7. The highest BCUT2D eigenvalue weighted by Gasteiger charge is 2.11. The summed E-state index contributed by atoms with van der Waals surface area (Å²) in [7, 11) is 1.60. The van der Waals surface area contributed by atoms with Crippen LogP contribution in [0.25, 0.3) is 5.65 Å². The number of hydrogen-bond donors (Lipinski definition) is 2. The topological polar surface area (TPSA) is 93.4 Å². The Morgan fingerprint density at radius 1 is 1.00 bits per heavy atom. The second-order valence-corrected chi connectivity index (χ2v) is 6.72. The molecular weight excluding hydrogens is 380 g/mol. The molecular formula is C22H22N6O2. The number of anilines is 2. The molecule has 0 saturated heterocycles. The first-order valence-corrected chi connectivity index (χ1v) is 9.64. The Labute approximate surface area is 173 Å². The molecule has 2 heterocycles. The van der Waals surface area contributed by atoms with Crippen molar-refractivity contribution >= 4 is 23.1 Å². The lowest BCUT2D eigenvalue weighted by Crippen LogP contribution is -2.13. The van der Waals surface area contributed by atoms with Gasteiger partial charge < -0.3 is 15.4 Å². The number of fused-ring (bicyclic) bond motifs is 1. The molecule has 0 aliphatic carbocycles. The summed E-state index contributed by atoms with van der Waals surface area (Å²) in [5.41, 5.74) is 2.53. The molecule has 0 aliphatic rings. The number of carbonyl (C=O) groups is 1. The van der Waals surface area contributed by atoms with Crippen LogP contribution in [0.4, 0.5) is 11.5 Å². The molecule has 0 aliphatic heterocycles. The van der Waals surface area contributed by atoms with Gasteiger partial charge in [0, 0.05) is 25.1 Å². The summed E-state index contributed by atoms with van der Waals surface area (Å²) in [6.07, 6.45) is 0.703. The van der Waals surface area contributed by atoms with Gasteiger partial charge >= 0.3 is 0 Å². The maximum absolute atomic E-state index is 12.3. The number of methoxy groups -OCH3 is 1. The number of nitrogens with zero attached hydrogens (tertiary/aromatic N) is 4. The fourth-order valence-corrected chi connectivity index (χ4v) is 3.00. The molecule has 0 radical (unpaired) electrons. The third-order valence-corrected chi connectivity index (χ3v) is 4.59. The van der Waals surface area contributed by atoms with Gasteiger partial charge in [0.15, 0.2) is 11.5 Å². The first-order valence-electron chi connectivity index (χ1n) is 9.64. The highest BCUT2D eigenvalue weighted by Crippen LogP contribution is 2.15. The van der Waals surface area contributed by atoms with E-state index in [-0.39, 0.29) is 12.3 Å². The first-order chi connectivity index (χ1) is 14.7. The van der Waals surface area contributed by atoms with Gasteiger partial charge in [-0.2, -0.15) is 4.52 Å². The number of amides is 1. The van der Waals surface area contributed by atoms with E-state index < -0.39 is 0 Å². The molecule has 4 aromatic rings. The Hall–Kier alpha value is -3.94. The summed E-state index contributed by atoms with van der Waals surface area (Å²) in [5.74, 6) is 1.99. The molecule has 152 valence electrons. The molecule has 0 spiro atoms. The van der Waals surface area contributed by atoms with Crippen molar-refractivity contribution < 1.29 is 9.53 Å². The number of aromatic nitrogens is 4. The Bertz CT molecular complexity index is 1130. The van der Waals surface area contributed by atoms with Crippen molar-refractivity contribution in [2.24, 2.45) is 0 Å². The number of aryl methyl sites for hydroxylation is 1. The molecule has 0 saturated carbocycles. The van der Waals surface area contributed by atoms with Crippen molar-refractivity contribution in [2.45, 2.75) is 19.4 Å². The fraction of sp³-hybridized carbons (Fsp3) is 0.182. The van der Waals surface area contributed by atoms with E-state index in [1.54, 1.807) is 35.9 Å². The van der Waals surface area contributed by atoms with Crippen LogP contribution >= 0.6 is 0 Å². The molecule has 2 N–H and O–H groups in total. The zero-order chi connectivity index (χ0) is 20.8. The van der Waals surface area contributed by atoms with Crippen LogP contribution in [0.15, 0.2) is 66.7 Å². The van der Waals surface area contributed by atoms with Crippen molar-refractivity contribution in [1.82, 2.24) is 19.8 Å². The average Bonchev–Trinajstić information content (AvgIpc) is 3.20. The minimum absolute atomic E-state index is 0.102. The molecule has 0 atom stereocenters. The Balaban J connectivity index is 1.37. The lowest BCUT2D eigenvalue weighted by Gasteiger charge is -2.07. The van der Waals surface area contributed by atoms with Crippen molar-refractivity contribution in [2.75, 3.05) is 17.7 Å². The molecule has 8 nitrogen and oxygen atoms in total. The summed E-state index contributed by atoms with van der Waals surface area (Å²) >= 11 is 0. The summed E-state index contributed by atoms with van der Waals surface area (Å²) < 4.78 is 6.80. The van der Waals surface area contributed by atoms with Gasteiger partial charge in [-0.25, -0.2) is 0 Å². The Morgan fingerprint density at radius 3 is 2.57 bits per heavy atom. The number of rotatable bonds is 8. The van der Waals surface area contributed by atoms with E-state index >= 15 is 0 Å². The van der Waals surface area contributed by atoms with Crippen LogP contribution in [-0.2, 0) is 17.8 Å². The minimum Gasteiger partial charge on any atom is -0.497 e. The molecule has 2 aromatic heterocycles. The number of benzene rings is 2. The Kier molecular flexibility index (Phi) is 5.84. The summed E-state index contributed by atoms with van der Waals surface area (Å²) in [6, 6.07) is 21.0. The van der Waals surface area contributed by atoms with Crippen molar-refractivity contribution in [3.8, 4) is 5.75 Å². The van der Waals surface area contributed by atoms with E-state index in [1.807, 2.05) is 30.3 Å². The largest absolute Gasteiger partial charge is 0.497 e. The van der Waals surface area contributed by atoms with Gasteiger partial charge in [0.25, 0.3) is 0 Å². The average molecular weight is 402 g/mol. The molecule has 30 heavy (non-hydrogen) atoms. The van der Waals surface area contributed by atoms with E-state index in [2.05, 4.69) is 38.1 Å². The van der Waals surface area contributed by atoms with E-state index in [0.29, 0.717) is 24.4 Å². The number of hydrogen-bond acceptors (Lipinski definition) is 6. The number of nitrogens with one attached hydrogen (secondary N) is 2. The summed E-state index contributed by atoms with van der Waals surface area (Å²) in [4.78, 5) is 12.3. The third kappa shape index (κ3) is 4.72. The number of ether oxygens (including phenoxy) is 1. The molecule has 1 amide bonds. The first kappa shape index (κ1) is 19.4. The van der Waals surface area contributed by atoms with Gasteiger partial charge in [-0.05, 0) is 42.0 Å². The van der Waals surface area contributed by atoms with Crippen molar-refractivity contribution in [1.29, 1.82) is 0 Å². The molecule has 2 aromatic carbocycles. The molecule has 8 heteroatoms. The van der Waals surface area contributed by atoms with Crippen LogP contribution in [0.5, 0.6) is 5.75 Å². The standard InChI is InChI=1S/C22H22N6O2/c1-30-18-9-7-17(8-10-18)24-22(29)14-13-21-26-25-20-12-11-19(27-28(20)21)23-15-16-5-3-2-4-6-16/h2-12H,13-15H2,1H3,(H,23,27)(H,24,29). The van der Waals surface area contributed by atoms with E-state index in [4.69, 9.17) is 4.74 Å². The third-order valence-electron chi connectivity index (χ3n) is 4.59. The Morgan fingerprint density at radius 2 is 1.80 bits per heavy atom. The van der Waals surface area contributed by atoms with Crippen LogP contribution in [0.3, 0.4) is 0 Å². The predicted octanol–water partition coefficient (Wildman–Crippen LogP) is 3.32. The van der Waals surface area contributed by atoms with Gasteiger partial charge in [-0.1, -0.05) is 30.3 Å². The van der Waals surface area contributed by atoms with Gasteiger partial charge in [0.05, 0.1) is 7.11 Å². The van der Waals surface area contributed by atoms with Crippen molar-refractivity contribution in [3.05, 3.63) is 78.1 Å². The molecule has 4 rings (SSSR count). The predicted molar refractivity (Wildman–Crippen MR) is 114 cm³/mol. The monoisotopic (exact) mass is 402 g/mol. The van der Waals surface area contributed by atoms with Gasteiger partial charge in [0.1, 0.15) is 11.6 Å². The second kappa shape index (κ2) is 9.04. The quantitative estimate of drug-likeness (QED) is 0.470. The highest BCUT2D eigenvalue weighted by atomic mass is 16.5. The zero-order valence-corrected chi connectivity index (χ0v) is 16.6. The lowest BCUT2D eigenvalue weighted by molar-refractivity contribution is -0.116. The van der Waals surface area contributed by atoms with E-state index in [1.165, 1.54) is 5.56 Å². The molecule has 0 unspecified atom stereocenters. The van der Waals surface area contributed by atoms with Gasteiger partial charge in [-0.3, -0.25) is 4.79 Å².